The fourth-order valence-corrected chi connectivity index (χ4v) is 3.05. The van der Waals surface area contributed by atoms with Gasteiger partial charge in [0.2, 0.25) is 0 Å². The van der Waals surface area contributed by atoms with Gasteiger partial charge in [0.1, 0.15) is 11.6 Å². The molecule has 178 valence electrons. The Bertz CT molecular complexity index is 1120. The van der Waals surface area contributed by atoms with Crippen LogP contribution >= 0.6 is 0 Å². The van der Waals surface area contributed by atoms with E-state index in [1.165, 1.54) is 10.7 Å². The Hall–Kier alpha value is -3.38. The molecule has 3 aromatic rings. The summed E-state index contributed by atoms with van der Waals surface area (Å²) in [5, 5.41) is 11.0. The molecule has 0 radical (unpaired) electrons. The second-order valence-electron chi connectivity index (χ2n) is 6.91. The number of oxime groups is 1. The standard InChI is InChI=1S/C21H25F3N6O3/c1-4-31-18(32-5-2)11-33-29-20(25)15-10-26-30-7-6-17(28-21(15)30)27-12(3)14-8-13(22)9-16(23)19(14)24/h6-10,12,18H,4-5,11H2,1-3H3,(H2,25,29)(H,27,28)/t12-/m1/s1. The van der Waals surface area contributed by atoms with Gasteiger partial charge >= 0.3 is 0 Å². The Kier molecular flexibility index (Phi) is 8.06. The van der Waals surface area contributed by atoms with Crippen LogP contribution in [0.15, 0.2) is 35.7 Å². The maximum absolute atomic E-state index is 14.1. The van der Waals surface area contributed by atoms with Crippen molar-refractivity contribution < 1.29 is 27.5 Å². The minimum absolute atomic E-state index is 0.0210. The first-order valence-electron chi connectivity index (χ1n) is 10.3. The van der Waals surface area contributed by atoms with E-state index in [4.69, 9.17) is 20.0 Å². The fourth-order valence-electron chi connectivity index (χ4n) is 3.05. The summed E-state index contributed by atoms with van der Waals surface area (Å²) in [6.07, 6.45) is 2.48. The second-order valence-corrected chi connectivity index (χ2v) is 6.91. The van der Waals surface area contributed by atoms with Gasteiger partial charge in [-0.25, -0.2) is 22.7 Å². The first kappa shape index (κ1) is 24.3. The molecule has 1 aromatic carbocycles. The Morgan fingerprint density at radius 3 is 2.64 bits per heavy atom. The molecule has 0 bridgehead atoms. The lowest BCUT2D eigenvalue weighted by Crippen LogP contribution is -2.23. The highest BCUT2D eigenvalue weighted by atomic mass is 19.2. The molecule has 0 spiro atoms. The summed E-state index contributed by atoms with van der Waals surface area (Å²) in [4.78, 5) is 9.66. The first-order chi connectivity index (χ1) is 15.8. The fraction of sp³-hybridized carbons (Fsp3) is 0.381. The van der Waals surface area contributed by atoms with Crippen molar-refractivity contribution in [2.75, 3.05) is 25.1 Å². The molecule has 2 aromatic heterocycles. The van der Waals surface area contributed by atoms with Gasteiger partial charge in [0.25, 0.3) is 0 Å². The lowest BCUT2D eigenvalue weighted by atomic mass is 10.1. The summed E-state index contributed by atoms with van der Waals surface area (Å²) in [5.74, 6) is -2.94. The number of fused-ring (bicyclic) bond motifs is 1. The number of amidine groups is 1. The minimum atomic E-state index is -1.26. The molecule has 3 N–H and O–H groups in total. The van der Waals surface area contributed by atoms with Gasteiger partial charge in [-0.2, -0.15) is 5.10 Å². The third kappa shape index (κ3) is 5.90. The summed E-state index contributed by atoms with van der Waals surface area (Å²) in [6.45, 7) is 6.16. The van der Waals surface area contributed by atoms with Crippen molar-refractivity contribution in [3.63, 3.8) is 0 Å². The molecule has 1 atom stereocenters. The molecule has 3 rings (SSSR count). The molecule has 0 aliphatic heterocycles. The van der Waals surface area contributed by atoms with Gasteiger partial charge in [-0.05, 0) is 32.9 Å². The van der Waals surface area contributed by atoms with E-state index in [9.17, 15) is 13.2 Å². The molecular weight excluding hydrogens is 441 g/mol. The van der Waals surface area contributed by atoms with E-state index in [1.54, 1.807) is 19.2 Å². The second kappa shape index (κ2) is 11.0. The van der Waals surface area contributed by atoms with E-state index >= 15 is 0 Å². The number of hydrogen-bond acceptors (Lipinski definition) is 7. The van der Waals surface area contributed by atoms with Crippen LogP contribution in [-0.2, 0) is 14.3 Å². The Balaban J connectivity index is 1.77. The molecule has 0 aliphatic carbocycles. The number of halogens is 3. The number of ether oxygens (including phenoxy) is 2. The molecule has 2 heterocycles. The summed E-state index contributed by atoms with van der Waals surface area (Å²) < 4.78 is 53.4. The summed E-state index contributed by atoms with van der Waals surface area (Å²) in [6, 6.07) is 2.22. The van der Waals surface area contributed by atoms with Crippen LogP contribution in [-0.4, -0.2) is 46.5 Å². The molecule has 0 saturated heterocycles. The van der Waals surface area contributed by atoms with Crippen molar-refractivity contribution in [3.05, 3.63) is 59.2 Å². The third-order valence-electron chi connectivity index (χ3n) is 4.58. The lowest BCUT2D eigenvalue weighted by Gasteiger charge is -2.16. The van der Waals surface area contributed by atoms with Gasteiger partial charge < -0.3 is 25.4 Å². The lowest BCUT2D eigenvalue weighted by molar-refractivity contribution is -0.167. The SMILES string of the molecule is CCOC(CO/N=C(/N)c1cnn2ccc(N[C@H](C)c3cc(F)cc(F)c3F)nc12)OCC. The van der Waals surface area contributed by atoms with Gasteiger partial charge in [-0.15, -0.1) is 0 Å². The zero-order valence-corrected chi connectivity index (χ0v) is 18.4. The summed E-state index contributed by atoms with van der Waals surface area (Å²) in [7, 11) is 0. The first-order valence-corrected chi connectivity index (χ1v) is 10.3. The van der Waals surface area contributed by atoms with E-state index in [-0.39, 0.29) is 18.0 Å². The van der Waals surface area contributed by atoms with Crippen LogP contribution in [0.3, 0.4) is 0 Å². The minimum Gasteiger partial charge on any atom is -0.389 e. The predicted octanol–water partition coefficient (Wildman–Crippen LogP) is 3.36. The smallest absolute Gasteiger partial charge is 0.194 e. The maximum atomic E-state index is 14.1. The summed E-state index contributed by atoms with van der Waals surface area (Å²) >= 11 is 0. The third-order valence-corrected chi connectivity index (χ3v) is 4.58. The van der Waals surface area contributed by atoms with E-state index in [2.05, 4.69) is 20.6 Å². The molecule has 0 saturated carbocycles. The largest absolute Gasteiger partial charge is 0.389 e. The highest BCUT2D eigenvalue weighted by Gasteiger charge is 2.18. The van der Waals surface area contributed by atoms with E-state index in [1.807, 2.05) is 13.8 Å². The number of anilines is 1. The number of nitrogens with one attached hydrogen (secondary N) is 1. The summed E-state index contributed by atoms with van der Waals surface area (Å²) in [5.41, 5.74) is 6.59. The molecule has 0 unspecified atom stereocenters. The monoisotopic (exact) mass is 466 g/mol. The Labute approximate surface area is 188 Å². The van der Waals surface area contributed by atoms with Gasteiger partial charge in [0.15, 0.2) is 36.0 Å². The van der Waals surface area contributed by atoms with E-state index < -0.39 is 29.8 Å². The van der Waals surface area contributed by atoms with Crippen molar-refractivity contribution in [2.45, 2.75) is 33.1 Å². The molecule has 0 fully saturated rings. The van der Waals surface area contributed by atoms with Crippen LogP contribution in [0, 0.1) is 17.5 Å². The number of nitrogens with two attached hydrogens (primary N) is 1. The van der Waals surface area contributed by atoms with Crippen LogP contribution in [0.25, 0.3) is 5.65 Å². The Morgan fingerprint density at radius 2 is 1.94 bits per heavy atom. The Morgan fingerprint density at radius 1 is 1.21 bits per heavy atom. The highest BCUT2D eigenvalue weighted by Crippen LogP contribution is 2.24. The molecular formula is C21H25F3N6O3. The number of hydrogen-bond donors (Lipinski definition) is 2. The molecule has 33 heavy (non-hydrogen) atoms. The van der Waals surface area contributed by atoms with Crippen molar-refractivity contribution in [2.24, 2.45) is 10.9 Å². The average molecular weight is 466 g/mol. The molecule has 0 aliphatic rings. The number of benzene rings is 1. The van der Waals surface area contributed by atoms with Crippen LogP contribution in [0.1, 0.15) is 37.9 Å². The number of rotatable bonds is 11. The normalized spacial score (nSPS) is 13.0. The van der Waals surface area contributed by atoms with Crippen LogP contribution < -0.4 is 11.1 Å². The topological polar surface area (TPSA) is 108 Å². The number of aromatic nitrogens is 3. The quantitative estimate of drug-likeness (QED) is 0.147. The molecule has 9 nitrogen and oxygen atoms in total. The van der Waals surface area contributed by atoms with E-state index in [0.717, 1.165) is 6.07 Å². The van der Waals surface area contributed by atoms with Crippen LogP contribution in [0.2, 0.25) is 0 Å². The molecule has 0 amide bonds. The van der Waals surface area contributed by atoms with Crippen molar-refractivity contribution in [3.8, 4) is 0 Å². The number of nitrogens with zero attached hydrogens (tertiary/aromatic N) is 4. The van der Waals surface area contributed by atoms with Gasteiger partial charge in [0.05, 0.1) is 17.8 Å². The van der Waals surface area contributed by atoms with Gasteiger partial charge in [-0.1, -0.05) is 5.16 Å². The van der Waals surface area contributed by atoms with Gasteiger partial charge in [0, 0.05) is 31.0 Å². The van der Waals surface area contributed by atoms with E-state index in [0.29, 0.717) is 36.3 Å². The molecule has 12 heteroatoms. The van der Waals surface area contributed by atoms with Crippen molar-refractivity contribution in [1.29, 1.82) is 0 Å². The van der Waals surface area contributed by atoms with Crippen molar-refractivity contribution in [1.82, 2.24) is 14.6 Å². The average Bonchev–Trinajstić information content (AvgIpc) is 3.19. The highest BCUT2D eigenvalue weighted by molar-refractivity contribution is 6.02. The zero-order valence-electron chi connectivity index (χ0n) is 18.4. The zero-order chi connectivity index (χ0) is 24.0. The predicted molar refractivity (Wildman–Crippen MR) is 115 cm³/mol. The van der Waals surface area contributed by atoms with Crippen LogP contribution in [0.5, 0.6) is 0 Å². The van der Waals surface area contributed by atoms with Gasteiger partial charge in [-0.3, -0.25) is 0 Å². The maximum Gasteiger partial charge on any atom is 0.194 e. The van der Waals surface area contributed by atoms with Crippen LogP contribution in [0.4, 0.5) is 19.0 Å². The van der Waals surface area contributed by atoms with Crippen molar-refractivity contribution >= 4 is 17.3 Å².